The summed E-state index contributed by atoms with van der Waals surface area (Å²) in [6, 6.07) is 17.0. The molecule has 3 aromatic rings. The van der Waals surface area contributed by atoms with E-state index < -0.39 is 0 Å². The Labute approximate surface area is 134 Å². The Hall–Kier alpha value is -3.08. The van der Waals surface area contributed by atoms with E-state index in [1.54, 1.807) is 12.3 Å². The third kappa shape index (κ3) is 3.40. The second kappa shape index (κ2) is 6.36. The number of carbonyl (C=O) groups is 1. The standard InChI is InChI=1S/C18H17N3O2/c1-21(2)15-9-7-13(8-10-15)12-19-20-18(22)17-11-14-5-3-4-6-16(14)23-17/h3-12H,1-2H3,(H,20,22)/b19-12+. The number of hydrogen-bond donors (Lipinski definition) is 1. The highest BCUT2D eigenvalue weighted by Gasteiger charge is 2.10. The summed E-state index contributed by atoms with van der Waals surface area (Å²) in [6.45, 7) is 0. The first-order chi connectivity index (χ1) is 11.1. The van der Waals surface area contributed by atoms with Crippen molar-refractivity contribution < 1.29 is 9.21 Å². The zero-order chi connectivity index (χ0) is 16.2. The molecule has 0 aliphatic heterocycles. The predicted octanol–water partition coefficient (Wildman–Crippen LogP) is 3.26. The molecule has 5 heteroatoms. The average molecular weight is 307 g/mol. The number of nitrogens with one attached hydrogen (secondary N) is 1. The zero-order valence-electron chi connectivity index (χ0n) is 13.0. The van der Waals surface area contributed by atoms with Crippen LogP contribution in [0.2, 0.25) is 0 Å². The topological polar surface area (TPSA) is 57.8 Å². The maximum absolute atomic E-state index is 12.0. The van der Waals surface area contributed by atoms with Gasteiger partial charge in [-0.25, -0.2) is 5.43 Å². The monoisotopic (exact) mass is 307 g/mol. The van der Waals surface area contributed by atoms with Crippen molar-refractivity contribution in [3.63, 3.8) is 0 Å². The quantitative estimate of drug-likeness (QED) is 0.594. The van der Waals surface area contributed by atoms with Crippen LogP contribution >= 0.6 is 0 Å². The largest absolute Gasteiger partial charge is 0.451 e. The molecule has 0 unspecified atom stereocenters. The molecule has 1 N–H and O–H groups in total. The molecule has 0 aliphatic carbocycles. The van der Waals surface area contributed by atoms with Crippen molar-refractivity contribution in [2.45, 2.75) is 0 Å². The van der Waals surface area contributed by atoms with E-state index in [-0.39, 0.29) is 11.7 Å². The third-order valence-electron chi connectivity index (χ3n) is 3.44. The first-order valence-corrected chi connectivity index (χ1v) is 7.23. The van der Waals surface area contributed by atoms with Gasteiger partial charge in [0, 0.05) is 25.2 Å². The van der Waals surface area contributed by atoms with Gasteiger partial charge >= 0.3 is 5.91 Å². The van der Waals surface area contributed by atoms with Crippen LogP contribution in [0.25, 0.3) is 11.0 Å². The van der Waals surface area contributed by atoms with Gasteiger partial charge in [0.2, 0.25) is 0 Å². The second-order valence-electron chi connectivity index (χ2n) is 5.33. The van der Waals surface area contributed by atoms with Crippen molar-refractivity contribution in [3.8, 4) is 0 Å². The van der Waals surface area contributed by atoms with Crippen LogP contribution in [0.3, 0.4) is 0 Å². The highest BCUT2D eigenvalue weighted by molar-refractivity contribution is 5.96. The summed E-state index contributed by atoms with van der Waals surface area (Å²) in [7, 11) is 3.97. The summed E-state index contributed by atoms with van der Waals surface area (Å²) in [6.07, 6.45) is 1.60. The molecule has 0 spiro atoms. The number of furan rings is 1. The van der Waals surface area contributed by atoms with E-state index in [9.17, 15) is 4.79 Å². The number of anilines is 1. The Bertz CT molecular complexity index is 815. The van der Waals surface area contributed by atoms with Crippen LogP contribution in [0.4, 0.5) is 5.69 Å². The lowest BCUT2D eigenvalue weighted by atomic mass is 10.2. The summed E-state index contributed by atoms with van der Waals surface area (Å²) in [5.41, 5.74) is 5.16. The van der Waals surface area contributed by atoms with Crippen LogP contribution in [0.1, 0.15) is 16.1 Å². The molecule has 3 rings (SSSR count). The van der Waals surface area contributed by atoms with Crippen LogP contribution in [-0.4, -0.2) is 26.2 Å². The average Bonchev–Trinajstić information content (AvgIpc) is 2.99. The highest BCUT2D eigenvalue weighted by atomic mass is 16.3. The molecule has 1 amide bonds. The first kappa shape index (κ1) is 14.8. The fraction of sp³-hybridized carbons (Fsp3) is 0.111. The van der Waals surface area contributed by atoms with Gasteiger partial charge in [0.15, 0.2) is 5.76 Å². The number of rotatable bonds is 4. The highest BCUT2D eigenvalue weighted by Crippen LogP contribution is 2.18. The van der Waals surface area contributed by atoms with Crippen LogP contribution in [0.15, 0.2) is 64.1 Å². The number of amides is 1. The molecule has 116 valence electrons. The van der Waals surface area contributed by atoms with E-state index in [4.69, 9.17) is 4.42 Å². The Morgan fingerprint density at radius 1 is 1.13 bits per heavy atom. The van der Waals surface area contributed by atoms with Crippen molar-refractivity contribution >= 4 is 28.8 Å². The molecule has 0 aliphatic rings. The maximum Gasteiger partial charge on any atom is 0.307 e. The Balaban J connectivity index is 1.66. The van der Waals surface area contributed by atoms with E-state index in [1.165, 1.54) is 0 Å². The van der Waals surface area contributed by atoms with Gasteiger partial charge in [-0.2, -0.15) is 5.10 Å². The molecule has 5 nitrogen and oxygen atoms in total. The van der Waals surface area contributed by atoms with E-state index in [0.29, 0.717) is 5.58 Å². The molecule has 0 radical (unpaired) electrons. The number of hydrogen-bond acceptors (Lipinski definition) is 4. The Morgan fingerprint density at radius 2 is 1.87 bits per heavy atom. The fourth-order valence-corrected chi connectivity index (χ4v) is 2.17. The van der Waals surface area contributed by atoms with Gasteiger partial charge in [0.1, 0.15) is 5.58 Å². The summed E-state index contributed by atoms with van der Waals surface area (Å²) in [5, 5.41) is 4.85. The Morgan fingerprint density at radius 3 is 2.57 bits per heavy atom. The van der Waals surface area contributed by atoms with Crippen molar-refractivity contribution in [1.82, 2.24) is 5.43 Å². The smallest absolute Gasteiger partial charge is 0.307 e. The first-order valence-electron chi connectivity index (χ1n) is 7.23. The van der Waals surface area contributed by atoms with Gasteiger partial charge in [0.25, 0.3) is 0 Å². The maximum atomic E-state index is 12.0. The number of carbonyl (C=O) groups excluding carboxylic acids is 1. The van der Waals surface area contributed by atoms with Gasteiger partial charge in [-0.05, 0) is 29.8 Å². The van der Waals surface area contributed by atoms with E-state index in [1.807, 2.05) is 67.5 Å². The molecule has 23 heavy (non-hydrogen) atoms. The second-order valence-corrected chi connectivity index (χ2v) is 5.33. The van der Waals surface area contributed by atoms with E-state index in [2.05, 4.69) is 10.5 Å². The van der Waals surface area contributed by atoms with Crippen LogP contribution in [0.5, 0.6) is 0 Å². The van der Waals surface area contributed by atoms with Crippen molar-refractivity contribution in [2.24, 2.45) is 5.10 Å². The van der Waals surface area contributed by atoms with Gasteiger partial charge in [-0.1, -0.05) is 30.3 Å². The van der Waals surface area contributed by atoms with Gasteiger partial charge < -0.3 is 9.32 Å². The van der Waals surface area contributed by atoms with Crippen molar-refractivity contribution in [3.05, 3.63) is 65.9 Å². The lowest BCUT2D eigenvalue weighted by Gasteiger charge is -2.11. The minimum Gasteiger partial charge on any atom is -0.451 e. The van der Waals surface area contributed by atoms with E-state index >= 15 is 0 Å². The number of benzene rings is 2. The van der Waals surface area contributed by atoms with Gasteiger partial charge in [-0.3, -0.25) is 4.79 Å². The number of nitrogens with zero attached hydrogens (tertiary/aromatic N) is 2. The van der Waals surface area contributed by atoms with Crippen LogP contribution in [-0.2, 0) is 0 Å². The Kier molecular flexibility index (Phi) is 4.10. The molecule has 2 aromatic carbocycles. The van der Waals surface area contributed by atoms with Gasteiger partial charge in [-0.15, -0.1) is 0 Å². The molecule has 0 bridgehead atoms. The minimum absolute atomic E-state index is 0.242. The zero-order valence-corrected chi connectivity index (χ0v) is 13.0. The minimum atomic E-state index is -0.373. The number of hydrazone groups is 1. The van der Waals surface area contributed by atoms with Crippen molar-refractivity contribution in [1.29, 1.82) is 0 Å². The summed E-state index contributed by atoms with van der Waals surface area (Å²) in [4.78, 5) is 14.0. The predicted molar refractivity (Wildman–Crippen MR) is 92.0 cm³/mol. The fourth-order valence-electron chi connectivity index (χ4n) is 2.17. The molecule has 0 atom stereocenters. The summed E-state index contributed by atoms with van der Waals surface area (Å²) < 4.78 is 5.48. The SMILES string of the molecule is CN(C)c1ccc(/C=N/NC(=O)c2cc3ccccc3o2)cc1. The molecule has 1 heterocycles. The summed E-state index contributed by atoms with van der Waals surface area (Å²) in [5.74, 6) is -0.131. The molecular weight excluding hydrogens is 290 g/mol. The van der Waals surface area contributed by atoms with Crippen LogP contribution in [0, 0.1) is 0 Å². The lowest BCUT2D eigenvalue weighted by Crippen LogP contribution is -2.16. The number of para-hydroxylation sites is 1. The third-order valence-corrected chi connectivity index (χ3v) is 3.44. The molecule has 0 saturated carbocycles. The van der Waals surface area contributed by atoms with Crippen LogP contribution < -0.4 is 10.3 Å². The normalized spacial score (nSPS) is 11.0. The lowest BCUT2D eigenvalue weighted by molar-refractivity contribution is 0.0929. The molecule has 0 saturated heterocycles. The molecular formula is C18H17N3O2. The number of fused-ring (bicyclic) bond motifs is 1. The molecule has 0 fully saturated rings. The van der Waals surface area contributed by atoms with Crippen molar-refractivity contribution in [2.75, 3.05) is 19.0 Å². The van der Waals surface area contributed by atoms with E-state index in [0.717, 1.165) is 16.6 Å². The summed E-state index contributed by atoms with van der Waals surface area (Å²) >= 11 is 0. The molecule has 1 aromatic heterocycles. The van der Waals surface area contributed by atoms with Gasteiger partial charge in [0.05, 0.1) is 6.21 Å².